The van der Waals surface area contributed by atoms with E-state index in [2.05, 4.69) is 15.0 Å². The van der Waals surface area contributed by atoms with Crippen molar-refractivity contribution in [2.24, 2.45) is 11.7 Å². The number of nitrogens with two attached hydrogens (primary N) is 1. The minimum absolute atomic E-state index is 0.261. The van der Waals surface area contributed by atoms with E-state index in [0.29, 0.717) is 22.3 Å². The molecule has 2 heterocycles. The summed E-state index contributed by atoms with van der Waals surface area (Å²) in [5.41, 5.74) is 5.77. The van der Waals surface area contributed by atoms with Gasteiger partial charge in [-0.2, -0.15) is 4.37 Å². The van der Waals surface area contributed by atoms with E-state index >= 15 is 0 Å². The number of thioether (sulfide) groups is 1. The van der Waals surface area contributed by atoms with E-state index in [1.807, 2.05) is 12.1 Å². The van der Waals surface area contributed by atoms with Crippen molar-refractivity contribution < 1.29 is 9.59 Å². The molecule has 1 aliphatic carbocycles. The number of thiophene rings is 1. The molecule has 1 fully saturated rings. The number of halogens is 1. The molecule has 0 aliphatic heterocycles. The van der Waals surface area contributed by atoms with Crippen molar-refractivity contribution in [3.8, 4) is 0 Å². The number of nitrogens with one attached hydrogen (secondary N) is 2. The molecule has 0 atom stereocenters. The molecular formula is C17H21ClN4O2S3. The monoisotopic (exact) mass is 444 g/mol. The van der Waals surface area contributed by atoms with Gasteiger partial charge in [-0.3, -0.25) is 10.1 Å². The van der Waals surface area contributed by atoms with Gasteiger partial charge in [0.1, 0.15) is 15.6 Å². The molecule has 0 unspecified atom stereocenters. The third-order valence-electron chi connectivity index (χ3n) is 4.14. The number of urea groups is 1. The van der Waals surface area contributed by atoms with Crippen LogP contribution in [-0.4, -0.2) is 22.9 Å². The normalized spacial score (nSPS) is 13.5. The molecule has 6 nitrogen and oxygen atoms in total. The number of unbranched alkanes of at least 4 members (excludes halogenated alkanes) is 1. The topological polar surface area (TPSA) is 97.1 Å². The number of hydrogen-bond acceptors (Lipinski definition) is 6. The molecule has 3 amide bonds. The zero-order valence-corrected chi connectivity index (χ0v) is 17.8. The maximum Gasteiger partial charge on any atom is 0.319 e. The van der Waals surface area contributed by atoms with Crippen molar-refractivity contribution in [2.75, 3.05) is 11.9 Å². The zero-order valence-electron chi connectivity index (χ0n) is 14.6. The predicted octanol–water partition coefficient (Wildman–Crippen LogP) is 4.95. The number of hydrogen-bond donors (Lipinski definition) is 3. The van der Waals surface area contributed by atoms with Crippen molar-refractivity contribution in [3.05, 3.63) is 26.9 Å². The van der Waals surface area contributed by atoms with Crippen molar-refractivity contribution >= 4 is 63.2 Å². The Morgan fingerprint density at radius 2 is 2.15 bits per heavy atom. The molecule has 3 rings (SSSR count). The summed E-state index contributed by atoms with van der Waals surface area (Å²) in [6.45, 7) is 0.615. The van der Waals surface area contributed by atoms with Crippen molar-refractivity contribution in [2.45, 2.75) is 42.9 Å². The van der Waals surface area contributed by atoms with Gasteiger partial charge in [-0.1, -0.05) is 49.0 Å². The van der Waals surface area contributed by atoms with Gasteiger partial charge in [-0.05, 0) is 36.0 Å². The maximum atomic E-state index is 12.1. The van der Waals surface area contributed by atoms with Crippen LogP contribution in [0.3, 0.4) is 0 Å². The summed E-state index contributed by atoms with van der Waals surface area (Å²) in [5.74, 6) is 0.944. The molecule has 0 spiro atoms. The highest BCUT2D eigenvalue weighted by molar-refractivity contribution is 7.98. The minimum atomic E-state index is -0.602. The number of primary amides is 1. The van der Waals surface area contributed by atoms with Gasteiger partial charge in [-0.25, -0.2) is 4.79 Å². The van der Waals surface area contributed by atoms with Gasteiger partial charge in [-0.15, -0.1) is 11.3 Å². The van der Waals surface area contributed by atoms with E-state index in [-0.39, 0.29) is 11.6 Å². The number of carbonyl (C=O) groups excluding carboxylic acids is 2. The molecule has 4 N–H and O–H groups in total. The van der Waals surface area contributed by atoms with Crippen LogP contribution in [-0.2, 0) is 5.75 Å². The third-order valence-corrected chi connectivity index (χ3v) is 7.45. The summed E-state index contributed by atoms with van der Waals surface area (Å²) in [6.07, 6.45) is 6.05. The number of anilines is 1. The predicted molar refractivity (Wildman–Crippen MR) is 113 cm³/mol. The van der Waals surface area contributed by atoms with Crippen LogP contribution in [0.1, 0.15) is 47.3 Å². The fourth-order valence-corrected chi connectivity index (χ4v) is 5.66. The minimum Gasteiger partial charge on any atom is -0.365 e. The standard InChI is InChI=1S/C17H21ClN4O2S3/c18-12-7-6-11(26-12)9-25-16-13(14(19)23)15(27-22-16)21-17(24)20-8-2-1-3-10-4-5-10/h6-7,10H,1-5,8-9H2,(H2,19,23)(H2,20,21,24). The third kappa shape index (κ3) is 6.38. The highest BCUT2D eigenvalue weighted by Gasteiger charge is 2.21. The summed E-state index contributed by atoms with van der Waals surface area (Å²) in [5, 5.41) is 6.42. The van der Waals surface area contributed by atoms with Crippen LogP contribution in [0, 0.1) is 5.92 Å². The van der Waals surface area contributed by atoms with Crippen molar-refractivity contribution in [1.82, 2.24) is 9.69 Å². The zero-order chi connectivity index (χ0) is 19.2. The Labute approximate surface area is 175 Å². The van der Waals surface area contributed by atoms with Crippen LogP contribution in [0.4, 0.5) is 9.80 Å². The summed E-state index contributed by atoms with van der Waals surface area (Å²) < 4.78 is 5.00. The van der Waals surface area contributed by atoms with Crippen LogP contribution in [0.25, 0.3) is 0 Å². The summed E-state index contributed by atoms with van der Waals surface area (Å²) in [6, 6.07) is 3.43. The van der Waals surface area contributed by atoms with Crippen molar-refractivity contribution in [1.29, 1.82) is 0 Å². The molecule has 0 radical (unpaired) electrons. The Morgan fingerprint density at radius 1 is 1.33 bits per heavy atom. The van der Waals surface area contributed by atoms with Crippen LogP contribution >= 0.6 is 46.2 Å². The maximum absolute atomic E-state index is 12.1. The van der Waals surface area contributed by atoms with Gasteiger partial charge >= 0.3 is 6.03 Å². The molecule has 2 aromatic rings. The molecule has 1 saturated carbocycles. The Morgan fingerprint density at radius 3 is 2.81 bits per heavy atom. The first-order valence-electron chi connectivity index (χ1n) is 8.74. The second-order valence-electron chi connectivity index (χ2n) is 6.37. The molecule has 146 valence electrons. The molecule has 10 heteroatoms. The van der Waals surface area contributed by atoms with Gasteiger partial charge in [0, 0.05) is 17.2 Å². The number of rotatable bonds is 10. The van der Waals surface area contributed by atoms with E-state index in [9.17, 15) is 9.59 Å². The Balaban J connectivity index is 1.50. The molecule has 0 saturated heterocycles. The van der Waals surface area contributed by atoms with Crippen LogP contribution in [0.15, 0.2) is 17.2 Å². The summed E-state index contributed by atoms with van der Waals surface area (Å²) in [4.78, 5) is 25.0. The van der Waals surface area contributed by atoms with E-state index in [1.165, 1.54) is 42.4 Å². The second kappa shape index (κ2) is 9.77. The first kappa shape index (κ1) is 20.4. The summed E-state index contributed by atoms with van der Waals surface area (Å²) in [7, 11) is 0. The van der Waals surface area contributed by atoms with Crippen LogP contribution in [0.5, 0.6) is 0 Å². The lowest BCUT2D eigenvalue weighted by Crippen LogP contribution is -2.30. The Hall–Kier alpha value is -1.29. The van der Waals surface area contributed by atoms with Gasteiger partial charge in [0.15, 0.2) is 0 Å². The molecular weight excluding hydrogens is 424 g/mol. The number of carbonyl (C=O) groups is 2. The van der Waals surface area contributed by atoms with Gasteiger partial charge < -0.3 is 11.1 Å². The molecule has 2 aromatic heterocycles. The number of aromatic nitrogens is 1. The Bertz CT molecular complexity index is 804. The largest absolute Gasteiger partial charge is 0.365 e. The second-order valence-corrected chi connectivity index (χ2v) is 9.91. The lowest BCUT2D eigenvalue weighted by Gasteiger charge is -2.07. The highest BCUT2D eigenvalue weighted by atomic mass is 35.5. The average Bonchev–Trinajstić information content (AvgIpc) is 3.21. The van der Waals surface area contributed by atoms with Gasteiger partial charge in [0.05, 0.1) is 4.34 Å². The lowest BCUT2D eigenvalue weighted by molar-refractivity contribution is 0.0998. The molecule has 0 bridgehead atoms. The fourth-order valence-electron chi connectivity index (χ4n) is 2.56. The lowest BCUT2D eigenvalue weighted by atomic mass is 10.2. The van der Waals surface area contributed by atoms with E-state index < -0.39 is 5.91 Å². The van der Waals surface area contributed by atoms with Crippen LogP contribution in [0.2, 0.25) is 4.34 Å². The van der Waals surface area contributed by atoms with E-state index in [0.717, 1.165) is 39.5 Å². The molecule has 27 heavy (non-hydrogen) atoms. The van der Waals surface area contributed by atoms with Gasteiger partial charge in [0.2, 0.25) is 0 Å². The Kier molecular flexibility index (Phi) is 7.40. The van der Waals surface area contributed by atoms with E-state index in [4.69, 9.17) is 17.3 Å². The first-order valence-corrected chi connectivity index (χ1v) is 11.7. The molecule has 1 aliphatic rings. The van der Waals surface area contributed by atoms with Gasteiger partial charge in [0.25, 0.3) is 5.91 Å². The molecule has 0 aromatic carbocycles. The highest BCUT2D eigenvalue weighted by Crippen LogP contribution is 2.35. The SMILES string of the molecule is NC(=O)c1c(SCc2ccc(Cl)s2)nsc1NC(=O)NCCCCC1CC1. The van der Waals surface area contributed by atoms with Crippen molar-refractivity contribution in [3.63, 3.8) is 0 Å². The smallest absolute Gasteiger partial charge is 0.319 e. The number of amides is 3. The fraction of sp³-hybridized carbons (Fsp3) is 0.471. The van der Waals surface area contributed by atoms with E-state index in [1.54, 1.807) is 0 Å². The first-order chi connectivity index (χ1) is 13.0. The summed E-state index contributed by atoms with van der Waals surface area (Å²) >= 11 is 9.88. The quantitative estimate of drug-likeness (QED) is 0.356. The van der Waals surface area contributed by atoms with Crippen LogP contribution < -0.4 is 16.4 Å². The average molecular weight is 445 g/mol. The number of nitrogens with zero attached hydrogens (tertiary/aromatic N) is 1.